The molecule has 11 nitrogen and oxygen atoms in total. The Morgan fingerprint density at radius 1 is 1.24 bits per heavy atom. The van der Waals surface area contributed by atoms with Crippen LogP contribution in [-0.2, 0) is 28.6 Å². The van der Waals surface area contributed by atoms with Crippen molar-refractivity contribution in [2.24, 2.45) is 41.2 Å². The lowest BCUT2D eigenvalue weighted by atomic mass is 9.58. The minimum Gasteiger partial charge on any atom is -0.462 e. The number of piperidine rings is 1. The number of nitrogens with two attached hydrogens (primary N) is 1. The van der Waals surface area contributed by atoms with Crippen LogP contribution < -0.4 is 16.4 Å². The van der Waals surface area contributed by atoms with Crippen molar-refractivity contribution in [1.29, 1.82) is 0 Å². The topological polar surface area (TPSA) is 152 Å². The van der Waals surface area contributed by atoms with Gasteiger partial charge < -0.3 is 40.6 Å². The molecule has 0 aromatic heterocycles. The Morgan fingerprint density at radius 3 is 2.78 bits per heavy atom. The summed E-state index contributed by atoms with van der Waals surface area (Å²) in [6, 6.07) is 0. The first kappa shape index (κ1) is 33.6. The van der Waals surface area contributed by atoms with Crippen LogP contribution in [0.15, 0.2) is 23.8 Å². The van der Waals surface area contributed by atoms with E-state index in [-0.39, 0.29) is 66.9 Å². The third-order valence-electron chi connectivity index (χ3n) is 12.1. The molecule has 1 amide bonds. The van der Waals surface area contributed by atoms with Crippen molar-refractivity contribution in [2.75, 3.05) is 39.8 Å². The number of likely N-dealkylation sites (tertiary alicyclic amines) is 1. The second-order valence-electron chi connectivity index (χ2n) is 15.0. The number of rotatable bonds is 9. The summed E-state index contributed by atoms with van der Waals surface area (Å²) in [7, 11) is 1.94. The van der Waals surface area contributed by atoms with Crippen LogP contribution in [-0.4, -0.2) is 97.3 Å². The van der Waals surface area contributed by atoms with E-state index in [1.165, 1.54) is 0 Å². The van der Waals surface area contributed by atoms with Crippen molar-refractivity contribution >= 4 is 17.8 Å². The number of aliphatic hydroxyl groups excluding tert-OH is 1. The number of hydrogen-bond donors (Lipinski definition) is 4. The van der Waals surface area contributed by atoms with Crippen LogP contribution >= 0.6 is 0 Å². The number of allylic oxidation sites excluding steroid dienone is 1. The van der Waals surface area contributed by atoms with Gasteiger partial charge in [0.1, 0.15) is 17.3 Å². The molecule has 5 fully saturated rings. The molecule has 256 valence electrons. The quantitative estimate of drug-likeness (QED) is 0.167. The van der Waals surface area contributed by atoms with Gasteiger partial charge in [-0.05, 0) is 70.3 Å². The van der Waals surface area contributed by atoms with Crippen molar-refractivity contribution < 1.29 is 33.7 Å². The van der Waals surface area contributed by atoms with E-state index in [0.717, 1.165) is 38.9 Å². The van der Waals surface area contributed by atoms with Gasteiger partial charge in [-0.25, -0.2) is 4.79 Å². The van der Waals surface area contributed by atoms with Gasteiger partial charge in [-0.1, -0.05) is 18.2 Å². The van der Waals surface area contributed by atoms with Crippen LogP contribution in [0.2, 0.25) is 0 Å². The zero-order valence-corrected chi connectivity index (χ0v) is 27.7. The van der Waals surface area contributed by atoms with Crippen molar-refractivity contribution in [2.45, 2.75) is 101 Å². The number of nitrogens with one attached hydrogen (secondary N) is 2. The second-order valence-corrected chi connectivity index (χ2v) is 15.0. The maximum Gasteiger partial charge on any atom is 0.334 e. The first-order valence-corrected chi connectivity index (χ1v) is 17.5. The molecule has 10 atom stereocenters. The average Bonchev–Trinajstić information content (AvgIpc) is 3.38. The number of carbonyl (C=O) groups is 3. The fourth-order valence-electron chi connectivity index (χ4n) is 9.63. The van der Waals surface area contributed by atoms with Gasteiger partial charge in [0.05, 0.1) is 12.3 Å². The van der Waals surface area contributed by atoms with Crippen molar-refractivity contribution in [3.63, 3.8) is 0 Å². The molecular formula is C35H54N4O7. The van der Waals surface area contributed by atoms with Crippen LogP contribution in [0.1, 0.15) is 71.6 Å². The largest absolute Gasteiger partial charge is 0.462 e. The Balaban J connectivity index is 1.31. The number of fused-ring (bicyclic) bond motifs is 2. The summed E-state index contributed by atoms with van der Waals surface area (Å²) in [5.74, 6) is 0.580. The summed E-state index contributed by atoms with van der Waals surface area (Å²) in [4.78, 5) is 41.4. The molecule has 4 heterocycles. The molecule has 0 bridgehead atoms. The SMILES string of the molecule is CC=C(CCO)C(=O)O[C@@]1(C)CC=C[C@@H](C2CC(N)NCC2CC(=O)N2CC(CNC)C2)[C@@]12CC1CC3CCC(=O)OC3CC1O2. The Morgan fingerprint density at radius 2 is 2.04 bits per heavy atom. The van der Waals surface area contributed by atoms with E-state index in [9.17, 15) is 19.5 Å². The molecule has 6 rings (SSSR count). The molecule has 4 aliphatic heterocycles. The van der Waals surface area contributed by atoms with E-state index < -0.39 is 17.2 Å². The molecule has 4 saturated heterocycles. The fourth-order valence-corrected chi connectivity index (χ4v) is 9.63. The summed E-state index contributed by atoms with van der Waals surface area (Å²) in [6.45, 7) is 6.76. The lowest BCUT2D eigenvalue weighted by Crippen LogP contribution is -2.64. The minimum absolute atomic E-state index is 0.0306. The van der Waals surface area contributed by atoms with E-state index in [0.29, 0.717) is 56.1 Å². The molecule has 46 heavy (non-hydrogen) atoms. The Kier molecular flexibility index (Phi) is 9.98. The molecule has 2 aliphatic carbocycles. The normalized spacial score (nSPS) is 41.0. The molecule has 7 unspecified atom stereocenters. The van der Waals surface area contributed by atoms with E-state index in [2.05, 4.69) is 22.8 Å². The zero-order valence-electron chi connectivity index (χ0n) is 27.7. The third-order valence-corrected chi connectivity index (χ3v) is 12.1. The molecule has 1 saturated carbocycles. The standard InChI is InChI=1S/C35H54N4O7/c1-4-22(9-11-40)33(43)46-34(2)10-5-6-27(35(34)16-24-12-23-7-8-32(42)44-28(23)15-29(24)45-35)26-14-30(36)38-18-25(26)13-31(41)39-19-21(20-39)17-37-3/h4-6,21,23-30,37-38,40H,7-20,36H2,1-3H3/t23?,24?,25?,26?,27-,28?,29?,30?,34-,35-/m0/s1. The Hall–Kier alpha value is -2.31. The highest BCUT2D eigenvalue weighted by molar-refractivity contribution is 5.88. The highest BCUT2D eigenvalue weighted by atomic mass is 16.6. The van der Waals surface area contributed by atoms with Gasteiger partial charge in [0, 0.05) is 82.3 Å². The molecular weight excluding hydrogens is 588 g/mol. The number of carbonyl (C=O) groups excluding carboxylic acids is 3. The highest BCUT2D eigenvalue weighted by Crippen LogP contribution is 2.59. The molecule has 5 N–H and O–H groups in total. The van der Waals surface area contributed by atoms with E-state index >= 15 is 0 Å². The molecule has 0 aromatic carbocycles. The Bertz CT molecular complexity index is 1220. The van der Waals surface area contributed by atoms with Crippen molar-refractivity contribution in [3.05, 3.63) is 23.8 Å². The molecule has 0 radical (unpaired) electrons. The number of aliphatic hydroxyl groups is 1. The molecule has 1 spiro atoms. The predicted molar refractivity (Wildman–Crippen MR) is 171 cm³/mol. The highest BCUT2D eigenvalue weighted by Gasteiger charge is 2.66. The van der Waals surface area contributed by atoms with Crippen LogP contribution in [0.5, 0.6) is 0 Å². The first-order chi connectivity index (χ1) is 22.1. The summed E-state index contributed by atoms with van der Waals surface area (Å²) < 4.78 is 19.6. The maximum atomic E-state index is 13.6. The van der Waals surface area contributed by atoms with Crippen LogP contribution in [0.3, 0.4) is 0 Å². The Labute approximate surface area is 273 Å². The smallest absolute Gasteiger partial charge is 0.334 e. The lowest BCUT2D eigenvalue weighted by Gasteiger charge is -2.55. The van der Waals surface area contributed by atoms with E-state index in [1.807, 2.05) is 18.9 Å². The van der Waals surface area contributed by atoms with Crippen LogP contribution in [0, 0.1) is 35.5 Å². The van der Waals surface area contributed by atoms with Gasteiger partial charge in [-0.15, -0.1) is 0 Å². The monoisotopic (exact) mass is 642 g/mol. The maximum absolute atomic E-state index is 13.6. The molecule has 0 aromatic rings. The number of esters is 2. The van der Waals surface area contributed by atoms with E-state index in [1.54, 1.807) is 13.0 Å². The third kappa shape index (κ3) is 6.30. The molecule has 6 aliphatic rings. The van der Waals surface area contributed by atoms with Gasteiger partial charge in [-0.3, -0.25) is 9.59 Å². The average molecular weight is 643 g/mol. The fraction of sp³-hybridized carbons (Fsp3) is 0.800. The lowest BCUT2D eigenvalue weighted by molar-refractivity contribution is -0.227. The number of amides is 1. The predicted octanol–water partition coefficient (Wildman–Crippen LogP) is 2.03. The summed E-state index contributed by atoms with van der Waals surface area (Å²) in [5, 5.41) is 16.3. The van der Waals surface area contributed by atoms with Crippen LogP contribution in [0.4, 0.5) is 0 Å². The van der Waals surface area contributed by atoms with Crippen molar-refractivity contribution in [1.82, 2.24) is 15.5 Å². The number of ether oxygens (including phenoxy) is 3. The number of nitrogens with zero attached hydrogens (tertiary/aromatic N) is 1. The second kappa shape index (κ2) is 13.7. The van der Waals surface area contributed by atoms with E-state index in [4.69, 9.17) is 19.9 Å². The van der Waals surface area contributed by atoms with Gasteiger partial charge in [0.2, 0.25) is 5.91 Å². The summed E-state index contributed by atoms with van der Waals surface area (Å²) in [6.07, 6.45) is 11.0. The first-order valence-electron chi connectivity index (χ1n) is 17.5. The van der Waals surface area contributed by atoms with Gasteiger partial charge in [-0.2, -0.15) is 0 Å². The van der Waals surface area contributed by atoms with Crippen LogP contribution in [0.25, 0.3) is 0 Å². The van der Waals surface area contributed by atoms with Gasteiger partial charge >= 0.3 is 11.9 Å². The minimum atomic E-state index is -0.992. The van der Waals surface area contributed by atoms with Crippen molar-refractivity contribution in [3.8, 4) is 0 Å². The summed E-state index contributed by atoms with van der Waals surface area (Å²) >= 11 is 0. The van der Waals surface area contributed by atoms with Gasteiger partial charge in [0.15, 0.2) is 0 Å². The zero-order chi connectivity index (χ0) is 32.6. The van der Waals surface area contributed by atoms with Gasteiger partial charge in [0.25, 0.3) is 0 Å². The molecule has 11 heteroatoms. The summed E-state index contributed by atoms with van der Waals surface area (Å²) in [5.41, 5.74) is 5.17. The number of hydrogen-bond acceptors (Lipinski definition) is 10.